The molecule has 1 aliphatic heterocycles. The molecule has 0 bridgehead atoms. The summed E-state index contributed by atoms with van der Waals surface area (Å²) in [5.74, 6) is 1.11. The van der Waals surface area contributed by atoms with Crippen molar-refractivity contribution in [3.05, 3.63) is 30.1 Å². The van der Waals surface area contributed by atoms with Crippen LogP contribution >= 0.6 is 0 Å². The number of nitrogens with one attached hydrogen (secondary N) is 1. The molecule has 2 N–H and O–H groups in total. The van der Waals surface area contributed by atoms with Crippen molar-refractivity contribution < 1.29 is 5.11 Å². The number of aliphatic hydroxyl groups is 1. The molecule has 108 valence electrons. The Morgan fingerprint density at radius 1 is 1.20 bits per heavy atom. The lowest BCUT2D eigenvalue weighted by atomic mass is 10.3. The minimum absolute atomic E-state index is 0.222. The minimum atomic E-state index is 0.222. The number of fused-ring (bicyclic) bond motifs is 1. The first-order valence-electron chi connectivity index (χ1n) is 7.36. The maximum atomic E-state index is 9.10. The molecule has 5 nitrogen and oxygen atoms in total. The SMILES string of the molecule is OCCCn1c(CN2CCNCC2)nc2ccccc21. The summed E-state index contributed by atoms with van der Waals surface area (Å²) in [6, 6.07) is 8.25. The lowest BCUT2D eigenvalue weighted by molar-refractivity contribution is 0.224. The summed E-state index contributed by atoms with van der Waals surface area (Å²) in [5, 5.41) is 12.5. The Morgan fingerprint density at radius 2 is 2.00 bits per heavy atom. The van der Waals surface area contributed by atoms with Crippen LogP contribution in [0.4, 0.5) is 0 Å². The van der Waals surface area contributed by atoms with Gasteiger partial charge in [0.05, 0.1) is 17.6 Å². The van der Waals surface area contributed by atoms with Gasteiger partial charge in [-0.25, -0.2) is 4.98 Å². The van der Waals surface area contributed by atoms with E-state index in [1.807, 2.05) is 12.1 Å². The van der Waals surface area contributed by atoms with Gasteiger partial charge in [-0.05, 0) is 18.6 Å². The number of piperazine rings is 1. The first-order chi connectivity index (χ1) is 9.88. The molecule has 1 aromatic carbocycles. The predicted octanol–water partition coefficient (Wildman–Crippen LogP) is 0.824. The third kappa shape index (κ3) is 2.85. The highest BCUT2D eigenvalue weighted by molar-refractivity contribution is 5.75. The molecule has 1 aromatic heterocycles. The molecule has 3 rings (SSSR count). The van der Waals surface area contributed by atoms with E-state index in [1.165, 1.54) is 5.52 Å². The number of hydrogen-bond donors (Lipinski definition) is 2. The van der Waals surface area contributed by atoms with E-state index in [0.29, 0.717) is 0 Å². The van der Waals surface area contributed by atoms with Crippen LogP contribution < -0.4 is 5.32 Å². The third-order valence-electron chi connectivity index (χ3n) is 3.85. The number of hydrogen-bond acceptors (Lipinski definition) is 4. The number of rotatable bonds is 5. The van der Waals surface area contributed by atoms with Crippen LogP contribution in [0.15, 0.2) is 24.3 Å². The summed E-state index contributed by atoms with van der Waals surface area (Å²) < 4.78 is 2.26. The standard InChI is InChI=1S/C15H22N4O/c20-11-3-8-19-14-5-2-1-4-13(14)17-15(19)12-18-9-6-16-7-10-18/h1-2,4-5,16,20H,3,6-12H2. The van der Waals surface area contributed by atoms with Gasteiger partial charge in [-0.3, -0.25) is 4.90 Å². The van der Waals surface area contributed by atoms with Crippen LogP contribution in [0, 0.1) is 0 Å². The van der Waals surface area contributed by atoms with E-state index in [2.05, 4.69) is 26.9 Å². The normalized spacial score (nSPS) is 16.9. The van der Waals surface area contributed by atoms with Gasteiger partial charge in [0.15, 0.2) is 0 Å². The first-order valence-corrected chi connectivity index (χ1v) is 7.36. The summed E-state index contributed by atoms with van der Waals surface area (Å²) in [7, 11) is 0. The molecule has 0 radical (unpaired) electrons. The molecule has 1 saturated heterocycles. The van der Waals surface area contributed by atoms with Crippen LogP contribution in [0.3, 0.4) is 0 Å². The van der Waals surface area contributed by atoms with E-state index < -0.39 is 0 Å². The van der Waals surface area contributed by atoms with E-state index in [0.717, 1.165) is 57.0 Å². The summed E-state index contributed by atoms with van der Waals surface area (Å²) in [6.45, 7) is 6.19. The first kappa shape index (κ1) is 13.5. The van der Waals surface area contributed by atoms with Crippen molar-refractivity contribution in [1.29, 1.82) is 0 Å². The van der Waals surface area contributed by atoms with Crippen LogP contribution in [0.5, 0.6) is 0 Å². The number of aryl methyl sites for hydroxylation is 1. The summed E-state index contributed by atoms with van der Waals surface area (Å²) >= 11 is 0. The van der Waals surface area contributed by atoms with Gasteiger partial charge in [0.2, 0.25) is 0 Å². The van der Waals surface area contributed by atoms with E-state index >= 15 is 0 Å². The number of nitrogens with zero attached hydrogens (tertiary/aromatic N) is 3. The largest absolute Gasteiger partial charge is 0.396 e. The third-order valence-corrected chi connectivity index (χ3v) is 3.85. The highest BCUT2D eigenvalue weighted by Gasteiger charge is 2.15. The Hall–Kier alpha value is -1.43. The highest BCUT2D eigenvalue weighted by Crippen LogP contribution is 2.18. The van der Waals surface area contributed by atoms with Gasteiger partial charge in [-0.1, -0.05) is 12.1 Å². The molecular formula is C15H22N4O. The van der Waals surface area contributed by atoms with Crippen molar-refractivity contribution in [2.75, 3.05) is 32.8 Å². The van der Waals surface area contributed by atoms with E-state index in [-0.39, 0.29) is 6.61 Å². The smallest absolute Gasteiger partial charge is 0.124 e. The lowest BCUT2D eigenvalue weighted by Crippen LogP contribution is -2.43. The van der Waals surface area contributed by atoms with E-state index in [9.17, 15) is 0 Å². The number of aliphatic hydroxyl groups excluding tert-OH is 1. The number of para-hydroxylation sites is 2. The zero-order chi connectivity index (χ0) is 13.8. The van der Waals surface area contributed by atoms with Crippen molar-refractivity contribution in [3.8, 4) is 0 Å². The molecule has 0 saturated carbocycles. The summed E-state index contributed by atoms with van der Waals surface area (Å²) in [4.78, 5) is 7.22. The second-order valence-electron chi connectivity index (χ2n) is 5.27. The molecule has 0 amide bonds. The Morgan fingerprint density at radius 3 is 2.80 bits per heavy atom. The Labute approximate surface area is 119 Å². The fourth-order valence-electron chi connectivity index (χ4n) is 2.79. The van der Waals surface area contributed by atoms with Crippen LogP contribution in [-0.4, -0.2) is 52.3 Å². The quantitative estimate of drug-likeness (QED) is 0.848. The molecule has 20 heavy (non-hydrogen) atoms. The second-order valence-corrected chi connectivity index (χ2v) is 5.27. The van der Waals surface area contributed by atoms with Gasteiger partial charge in [-0.15, -0.1) is 0 Å². The van der Waals surface area contributed by atoms with Crippen molar-refractivity contribution >= 4 is 11.0 Å². The fraction of sp³-hybridized carbons (Fsp3) is 0.533. The average Bonchev–Trinajstić information content (AvgIpc) is 2.83. The fourth-order valence-corrected chi connectivity index (χ4v) is 2.79. The van der Waals surface area contributed by atoms with Crippen molar-refractivity contribution in [3.63, 3.8) is 0 Å². The zero-order valence-electron chi connectivity index (χ0n) is 11.8. The van der Waals surface area contributed by atoms with E-state index in [4.69, 9.17) is 10.1 Å². The van der Waals surface area contributed by atoms with Gasteiger partial charge in [0.25, 0.3) is 0 Å². The molecule has 0 unspecified atom stereocenters. The second kappa shape index (κ2) is 6.35. The van der Waals surface area contributed by atoms with Crippen LogP contribution in [0.1, 0.15) is 12.2 Å². The van der Waals surface area contributed by atoms with Crippen molar-refractivity contribution in [1.82, 2.24) is 19.8 Å². The van der Waals surface area contributed by atoms with Crippen LogP contribution in [0.25, 0.3) is 11.0 Å². The number of benzene rings is 1. The minimum Gasteiger partial charge on any atom is -0.396 e. The molecule has 1 aliphatic rings. The van der Waals surface area contributed by atoms with Crippen molar-refractivity contribution in [2.45, 2.75) is 19.5 Å². The lowest BCUT2D eigenvalue weighted by Gasteiger charge is -2.27. The van der Waals surface area contributed by atoms with Crippen molar-refractivity contribution in [2.24, 2.45) is 0 Å². The predicted molar refractivity (Wildman–Crippen MR) is 79.6 cm³/mol. The van der Waals surface area contributed by atoms with Gasteiger partial charge in [0.1, 0.15) is 5.82 Å². The molecule has 1 fully saturated rings. The van der Waals surface area contributed by atoms with Crippen LogP contribution in [0.2, 0.25) is 0 Å². The molecule has 0 aliphatic carbocycles. The zero-order valence-corrected chi connectivity index (χ0v) is 11.8. The topological polar surface area (TPSA) is 53.3 Å². The molecular weight excluding hydrogens is 252 g/mol. The maximum Gasteiger partial charge on any atom is 0.124 e. The Bertz CT molecular complexity index is 560. The number of aromatic nitrogens is 2. The van der Waals surface area contributed by atoms with E-state index in [1.54, 1.807) is 0 Å². The van der Waals surface area contributed by atoms with Gasteiger partial charge in [-0.2, -0.15) is 0 Å². The number of imidazole rings is 1. The van der Waals surface area contributed by atoms with Gasteiger partial charge < -0.3 is 15.0 Å². The summed E-state index contributed by atoms with van der Waals surface area (Å²) in [6.07, 6.45) is 0.773. The highest BCUT2D eigenvalue weighted by atomic mass is 16.3. The monoisotopic (exact) mass is 274 g/mol. The molecule has 0 atom stereocenters. The maximum absolute atomic E-state index is 9.10. The molecule has 0 spiro atoms. The molecule has 5 heteroatoms. The Balaban J connectivity index is 1.87. The summed E-state index contributed by atoms with van der Waals surface area (Å²) in [5.41, 5.74) is 2.22. The molecule has 2 heterocycles. The van der Waals surface area contributed by atoms with Crippen LogP contribution in [-0.2, 0) is 13.1 Å². The Kier molecular flexibility index (Phi) is 4.30. The molecule has 2 aromatic rings. The van der Waals surface area contributed by atoms with Gasteiger partial charge in [0, 0.05) is 39.3 Å². The average molecular weight is 274 g/mol. The van der Waals surface area contributed by atoms with Gasteiger partial charge >= 0.3 is 0 Å².